The van der Waals surface area contributed by atoms with Crippen LogP contribution in [0, 0.1) is 6.92 Å². The fourth-order valence-electron chi connectivity index (χ4n) is 3.34. The molecular formula is C21H21NO4. The number of hydrogen-bond acceptors (Lipinski definition) is 5. The van der Waals surface area contributed by atoms with E-state index >= 15 is 0 Å². The molecule has 0 saturated carbocycles. The number of carbonyl (C=O) groups excluding carboxylic acids is 1. The van der Waals surface area contributed by atoms with Crippen LogP contribution in [-0.2, 0) is 11.3 Å². The number of fused-ring (bicyclic) bond motifs is 1. The zero-order chi connectivity index (χ0) is 18.1. The van der Waals surface area contributed by atoms with Gasteiger partial charge < -0.3 is 14.6 Å². The minimum absolute atomic E-state index is 0.148. The lowest BCUT2D eigenvalue weighted by Crippen LogP contribution is -2.35. The number of ketones is 1. The Bertz CT molecular complexity index is 882. The van der Waals surface area contributed by atoms with E-state index in [4.69, 9.17) is 9.47 Å². The number of phenolic OH excluding ortho intramolecular Hbond substituents is 1. The highest BCUT2D eigenvalue weighted by molar-refractivity contribution is 6.15. The van der Waals surface area contributed by atoms with Crippen LogP contribution in [0.25, 0.3) is 6.08 Å². The highest BCUT2D eigenvalue weighted by Gasteiger charge is 2.31. The molecule has 0 unspecified atom stereocenters. The van der Waals surface area contributed by atoms with Crippen molar-refractivity contribution in [2.45, 2.75) is 13.5 Å². The quantitative estimate of drug-likeness (QED) is 0.861. The van der Waals surface area contributed by atoms with Gasteiger partial charge in [0.2, 0.25) is 5.78 Å². The molecule has 0 bridgehead atoms. The zero-order valence-electron chi connectivity index (χ0n) is 14.7. The van der Waals surface area contributed by atoms with Crippen LogP contribution < -0.4 is 4.74 Å². The molecule has 2 aromatic rings. The lowest BCUT2D eigenvalue weighted by Gasteiger charge is -2.27. The number of aromatic hydroxyl groups is 1. The van der Waals surface area contributed by atoms with Crippen molar-refractivity contribution < 1.29 is 19.4 Å². The molecule has 0 spiro atoms. The summed E-state index contributed by atoms with van der Waals surface area (Å²) in [5.41, 5.74) is 3.20. The van der Waals surface area contributed by atoms with Crippen LogP contribution in [0.15, 0.2) is 42.2 Å². The number of phenols is 1. The molecule has 1 saturated heterocycles. The third-order valence-electron chi connectivity index (χ3n) is 4.74. The number of carbonyl (C=O) groups is 1. The summed E-state index contributed by atoms with van der Waals surface area (Å²) in [6.45, 7) is 5.48. The first-order chi connectivity index (χ1) is 12.6. The Morgan fingerprint density at radius 1 is 1.19 bits per heavy atom. The summed E-state index contributed by atoms with van der Waals surface area (Å²) in [4.78, 5) is 14.9. The number of nitrogens with zero attached hydrogens (tertiary/aromatic N) is 1. The van der Waals surface area contributed by atoms with Gasteiger partial charge in [0.1, 0.15) is 11.5 Å². The van der Waals surface area contributed by atoms with Gasteiger partial charge in [0.15, 0.2) is 5.76 Å². The lowest BCUT2D eigenvalue weighted by molar-refractivity contribution is 0.0336. The number of aryl methyl sites for hydroxylation is 1. The number of ether oxygens (including phenoxy) is 2. The van der Waals surface area contributed by atoms with Crippen molar-refractivity contribution in [1.29, 1.82) is 0 Å². The number of rotatable bonds is 3. The smallest absolute Gasteiger partial charge is 0.231 e. The first-order valence-corrected chi connectivity index (χ1v) is 8.77. The van der Waals surface area contributed by atoms with Gasteiger partial charge in [-0.1, -0.05) is 29.8 Å². The SMILES string of the molecule is Cc1cccc(/C=C2/Oc3c(ccc(O)c3CN3CCOCC3)C2=O)c1. The maximum atomic E-state index is 12.7. The Labute approximate surface area is 152 Å². The fraction of sp³-hybridized carbons (Fsp3) is 0.286. The van der Waals surface area contributed by atoms with Crippen LogP contribution in [0.1, 0.15) is 27.0 Å². The molecule has 0 aliphatic carbocycles. The molecule has 0 aromatic heterocycles. The van der Waals surface area contributed by atoms with Gasteiger partial charge in [-0.05, 0) is 30.7 Å². The zero-order valence-corrected chi connectivity index (χ0v) is 14.7. The Morgan fingerprint density at radius 3 is 2.77 bits per heavy atom. The van der Waals surface area contributed by atoms with Crippen molar-refractivity contribution in [2.24, 2.45) is 0 Å². The van der Waals surface area contributed by atoms with E-state index in [2.05, 4.69) is 4.90 Å². The molecule has 4 rings (SSSR count). The van der Waals surface area contributed by atoms with Crippen molar-refractivity contribution >= 4 is 11.9 Å². The Balaban J connectivity index is 1.66. The van der Waals surface area contributed by atoms with Crippen LogP contribution in [0.3, 0.4) is 0 Å². The van der Waals surface area contributed by atoms with Crippen molar-refractivity contribution in [3.8, 4) is 11.5 Å². The monoisotopic (exact) mass is 351 g/mol. The highest BCUT2D eigenvalue weighted by atomic mass is 16.5. The first-order valence-electron chi connectivity index (χ1n) is 8.77. The summed E-state index contributed by atoms with van der Waals surface area (Å²) in [5, 5.41) is 10.3. The van der Waals surface area contributed by atoms with E-state index < -0.39 is 0 Å². The van der Waals surface area contributed by atoms with Crippen molar-refractivity contribution in [1.82, 2.24) is 4.90 Å². The van der Waals surface area contributed by atoms with E-state index in [1.165, 1.54) is 0 Å². The van der Waals surface area contributed by atoms with Crippen LogP contribution in [0.4, 0.5) is 0 Å². The maximum absolute atomic E-state index is 12.7. The molecule has 5 heteroatoms. The first kappa shape index (κ1) is 16.8. The molecular weight excluding hydrogens is 330 g/mol. The van der Waals surface area contributed by atoms with E-state index in [-0.39, 0.29) is 11.5 Å². The third-order valence-corrected chi connectivity index (χ3v) is 4.74. The maximum Gasteiger partial charge on any atom is 0.231 e. The number of morpholine rings is 1. The summed E-state index contributed by atoms with van der Waals surface area (Å²) in [7, 11) is 0. The molecule has 1 N–H and O–H groups in total. The van der Waals surface area contributed by atoms with Crippen LogP contribution in [-0.4, -0.2) is 42.1 Å². The summed E-state index contributed by atoms with van der Waals surface area (Å²) < 4.78 is 11.3. The normalized spacial score (nSPS) is 18.8. The van der Waals surface area contributed by atoms with Crippen molar-refractivity contribution in [3.05, 3.63) is 64.4 Å². The van der Waals surface area contributed by atoms with Crippen LogP contribution in [0.2, 0.25) is 0 Å². The minimum atomic E-state index is -0.148. The topological polar surface area (TPSA) is 59.0 Å². The van der Waals surface area contributed by atoms with Gasteiger partial charge in [0.05, 0.1) is 24.3 Å². The molecule has 5 nitrogen and oxygen atoms in total. The molecule has 2 aromatic carbocycles. The molecule has 26 heavy (non-hydrogen) atoms. The van der Waals surface area contributed by atoms with Gasteiger partial charge in [-0.3, -0.25) is 9.69 Å². The number of allylic oxidation sites excluding steroid dienone is 1. The molecule has 2 aliphatic heterocycles. The molecule has 2 heterocycles. The fourth-order valence-corrected chi connectivity index (χ4v) is 3.34. The van der Waals surface area contributed by atoms with Gasteiger partial charge in [-0.2, -0.15) is 0 Å². The standard InChI is InChI=1S/C21H21NO4/c1-14-3-2-4-15(11-14)12-19-20(24)16-5-6-18(23)17(21(16)26-19)13-22-7-9-25-10-8-22/h2-6,11-12,23H,7-10,13H2,1H3/b19-12+. The second kappa shape index (κ2) is 6.94. The summed E-state index contributed by atoms with van der Waals surface area (Å²) in [5.74, 6) is 0.768. The van der Waals surface area contributed by atoms with Gasteiger partial charge in [0.25, 0.3) is 0 Å². The predicted octanol–water partition coefficient (Wildman–Crippen LogP) is 3.15. The highest BCUT2D eigenvalue weighted by Crippen LogP contribution is 2.40. The second-order valence-corrected chi connectivity index (χ2v) is 6.68. The number of hydrogen-bond donors (Lipinski definition) is 1. The van der Waals surface area contributed by atoms with Gasteiger partial charge in [-0.15, -0.1) is 0 Å². The summed E-state index contributed by atoms with van der Waals surface area (Å²) >= 11 is 0. The minimum Gasteiger partial charge on any atom is -0.507 e. The second-order valence-electron chi connectivity index (χ2n) is 6.68. The Morgan fingerprint density at radius 2 is 2.00 bits per heavy atom. The molecule has 0 radical (unpaired) electrons. The van der Waals surface area contributed by atoms with Crippen LogP contribution >= 0.6 is 0 Å². The van der Waals surface area contributed by atoms with E-state index in [1.54, 1.807) is 18.2 Å². The summed E-state index contributed by atoms with van der Waals surface area (Å²) in [6, 6.07) is 11.1. The Hall–Kier alpha value is -2.63. The van der Waals surface area contributed by atoms with Gasteiger partial charge in [-0.25, -0.2) is 0 Å². The molecule has 0 atom stereocenters. The van der Waals surface area contributed by atoms with Gasteiger partial charge >= 0.3 is 0 Å². The molecule has 134 valence electrons. The molecule has 2 aliphatic rings. The number of Topliss-reactive ketones (excluding diaryl/α,β-unsaturated/α-hetero) is 1. The summed E-state index contributed by atoms with van der Waals surface area (Å²) in [6.07, 6.45) is 1.75. The van der Waals surface area contributed by atoms with Crippen molar-refractivity contribution in [3.63, 3.8) is 0 Å². The van der Waals surface area contributed by atoms with E-state index in [0.29, 0.717) is 42.4 Å². The molecule has 0 amide bonds. The Kier molecular flexibility index (Phi) is 4.49. The van der Waals surface area contributed by atoms with E-state index in [1.807, 2.05) is 31.2 Å². The van der Waals surface area contributed by atoms with Gasteiger partial charge in [0, 0.05) is 19.6 Å². The number of benzene rings is 2. The average molecular weight is 351 g/mol. The van der Waals surface area contributed by atoms with Crippen molar-refractivity contribution in [2.75, 3.05) is 26.3 Å². The predicted molar refractivity (Wildman–Crippen MR) is 98.3 cm³/mol. The van der Waals surface area contributed by atoms with E-state index in [9.17, 15) is 9.90 Å². The van der Waals surface area contributed by atoms with E-state index in [0.717, 1.165) is 24.2 Å². The third kappa shape index (κ3) is 3.23. The largest absolute Gasteiger partial charge is 0.507 e. The average Bonchev–Trinajstić information content (AvgIpc) is 2.95. The molecule has 1 fully saturated rings. The van der Waals surface area contributed by atoms with Crippen LogP contribution in [0.5, 0.6) is 11.5 Å². The lowest BCUT2D eigenvalue weighted by atomic mass is 10.0.